The number of imidazole rings is 1. The van der Waals surface area contributed by atoms with Crippen LogP contribution < -0.4 is 5.73 Å². The third-order valence-electron chi connectivity index (χ3n) is 3.81. The quantitative estimate of drug-likeness (QED) is 0.915. The smallest absolute Gasteiger partial charge is 0.201 e. The number of thioether (sulfide) groups is 1. The summed E-state index contributed by atoms with van der Waals surface area (Å²) in [5.74, 6) is 0.0247. The zero-order chi connectivity index (χ0) is 13.6. The van der Waals surface area contributed by atoms with Crippen LogP contribution in [0.2, 0.25) is 5.02 Å². The summed E-state index contributed by atoms with van der Waals surface area (Å²) in [5, 5.41) is 0.600. The zero-order valence-corrected chi connectivity index (χ0v) is 12.1. The molecule has 3 nitrogen and oxygen atoms in total. The number of nitrogen functional groups attached to an aromatic ring is 1. The van der Waals surface area contributed by atoms with Gasteiger partial charge >= 0.3 is 0 Å². The summed E-state index contributed by atoms with van der Waals surface area (Å²) in [6.45, 7) is 0. The Balaban J connectivity index is 2.17. The van der Waals surface area contributed by atoms with Crippen molar-refractivity contribution in [1.29, 1.82) is 0 Å². The summed E-state index contributed by atoms with van der Waals surface area (Å²) in [6.07, 6.45) is 5.51. The van der Waals surface area contributed by atoms with Gasteiger partial charge in [-0.3, -0.25) is 0 Å². The minimum atomic E-state index is -0.422. The number of benzene rings is 1. The fourth-order valence-electron chi connectivity index (χ4n) is 2.93. The monoisotopic (exact) mass is 299 g/mol. The van der Waals surface area contributed by atoms with Crippen molar-refractivity contribution >= 4 is 40.3 Å². The molecule has 0 saturated heterocycles. The number of aromatic nitrogens is 2. The molecule has 19 heavy (non-hydrogen) atoms. The van der Waals surface area contributed by atoms with E-state index in [1.165, 1.54) is 18.9 Å². The summed E-state index contributed by atoms with van der Waals surface area (Å²) in [4.78, 5) is 4.31. The number of hydrogen-bond acceptors (Lipinski definition) is 3. The number of nitrogens with zero attached hydrogens (tertiary/aromatic N) is 2. The standard InChI is InChI=1S/C13H15ClFN3S/c1-19-12-4-2-3-10(12)18-11-6-8(15)7(14)5-9(11)17-13(18)16/h5-6,10,12H,2-4H2,1H3,(H2,16,17). The summed E-state index contributed by atoms with van der Waals surface area (Å²) < 4.78 is 15.7. The van der Waals surface area contributed by atoms with Gasteiger partial charge in [0.1, 0.15) is 5.82 Å². The van der Waals surface area contributed by atoms with Gasteiger partial charge in [0.15, 0.2) is 0 Å². The summed E-state index contributed by atoms with van der Waals surface area (Å²) >= 11 is 7.64. The lowest BCUT2D eigenvalue weighted by Gasteiger charge is -2.21. The van der Waals surface area contributed by atoms with Crippen molar-refractivity contribution in [2.75, 3.05) is 12.0 Å². The largest absolute Gasteiger partial charge is 0.369 e. The first kappa shape index (κ1) is 13.1. The van der Waals surface area contributed by atoms with Gasteiger partial charge in [-0.05, 0) is 25.2 Å². The molecule has 0 aliphatic heterocycles. The van der Waals surface area contributed by atoms with Gasteiger partial charge in [-0.25, -0.2) is 9.37 Å². The van der Waals surface area contributed by atoms with Crippen molar-refractivity contribution in [3.63, 3.8) is 0 Å². The number of anilines is 1. The number of nitrogens with two attached hydrogens (primary N) is 1. The Morgan fingerprint density at radius 1 is 1.47 bits per heavy atom. The Bertz CT molecular complexity index is 628. The van der Waals surface area contributed by atoms with Gasteiger partial charge in [-0.2, -0.15) is 11.8 Å². The molecule has 1 aliphatic rings. The van der Waals surface area contributed by atoms with E-state index >= 15 is 0 Å². The molecule has 2 atom stereocenters. The number of rotatable bonds is 2. The first-order valence-corrected chi connectivity index (χ1v) is 7.93. The Morgan fingerprint density at radius 2 is 2.26 bits per heavy atom. The highest BCUT2D eigenvalue weighted by Gasteiger charge is 2.30. The van der Waals surface area contributed by atoms with E-state index in [0.717, 1.165) is 11.9 Å². The fraction of sp³-hybridized carbons (Fsp3) is 0.462. The van der Waals surface area contributed by atoms with Crippen LogP contribution >= 0.6 is 23.4 Å². The van der Waals surface area contributed by atoms with Gasteiger partial charge < -0.3 is 10.3 Å². The molecule has 0 bridgehead atoms. The Labute approximate surface area is 120 Å². The van der Waals surface area contributed by atoms with E-state index in [2.05, 4.69) is 11.2 Å². The molecule has 2 aromatic rings. The van der Waals surface area contributed by atoms with Gasteiger partial charge in [-0.15, -0.1) is 0 Å². The van der Waals surface area contributed by atoms with E-state index in [0.29, 0.717) is 22.8 Å². The average Bonchev–Trinajstić information content (AvgIpc) is 2.93. The maximum absolute atomic E-state index is 13.7. The van der Waals surface area contributed by atoms with Crippen LogP contribution in [0.1, 0.15) is 25.3 Å². The molecule has 0 spiro atoms. The van der Waals surface area contributed by atoms with Crippen LogP contribution in [0.4, 0.5) is 10.3 Å². The highest BCUT2D eigenvalue weighted by Crippen LogP contribution is 2.40. The van der Waals surface area contributed by atoms with Gasteiger partial charge in [-0.1, -0.05) is 18.0 Å². The lowest BCUT2D eigenvalue weighted by Crippen LogP contribution is -2.17. The lowest BCUT2D eigenvalue weighted by atomic mass is 10.2. The van der Waals surface area contributed by atoms with Crippen LogP contribution in [0.25, 0.3) is 11.0 Å². The molecule has 1 aromatic heterocycles. The molecule has 1 fully saturated rings. The third kappa shape index (κ3) is 2.09. The maximum atomic E-state index is 13.7. The minimum Gasteiger partial charge on any atom is -0.369 e. The third-order valence-corrected chi connectivity index (χ3v) is 5.26. The molecular formula is C13H15ClFN3S. The SMILES string of the molecule is CSC1CCCC1n1c(N)nc2cc(Cl)c(F)cc21. The number of hydrogen-bond donors (Lipinski definition) is 1. The second-order valence-corrected chi connectivity index (χ2v) is 6.35. The van der Waals surface area contributed by atoms with E-state index in [1.54, 1.807) is 6.07 Å². The van der Waals surface area contributed by atoms with E-state index < -0.39 is 5.82 Å². The molecule has 1 saturated carbocycles. The number of halogens is 2. The molecule has 1 aromatic carbocycles. The summed E-state index contributed by atoms with van der Waals surface area (Å²) in [6, 6.07) is 3.28. The predicted molar refractivity (Wildman–Crippen MR) is 79.3 cm³/mol. The molecule has 0 radical (unpaired) electrons. The Kier molecular flexibility index (Phi) is 3.35. The molecular weight excluding hydrogens is 285 g/mol. The molecule has 102 valence electrons. The van der Waals surface area contributed by atoms with Gasteiger partial charge in [0.2, 0.25) is 5.95 Å². The normalized spacial score (nSPS) is 23.3. The summed E-state index contributed by atoms with van der Waals surface area (Å²) in [5.41, 5.74) is 7.43. The molecule has 1 heterocycles. The minimum absolute atomic E-state index is 0.0880. The molecule has 3 rings (SSSR count). The average molecular weight is 300 g/mol. The van der Waals surface area contributed by atoms with Crippen LogP contribution in [0, 0.1) is 5.82 Å². The van der Waals surface area contributed by atoms with Crippen LogP contribution in [-0.2, 0) is 0 Å². The maximum Gasteiger partial charge on any atom is 0.201 e. The van der Waals surface area contributed by atoms with Crippen molar-refractivity contribution < 1.29 is 4.39 Å². The van der Waals surface area contributed by atoms with Crippen molar-refractivity contribution in [2.24, 2.45) is 0 Å². The van der Waals surface area contributed by atoms with Crippen molar-refractivity contribution in [3.8, 4) is 0 Å². The fourth-order valence-corrected chi connectivity index (χ4v) is 4.07. The molecule has 2 unspecified atom stereocenters. The topological polar surface area (TPSA) is 43.8 Å². The highest BCUT2D eigenvalue weighted by molar-refractivity contribution is 7.99. The highest BCUT2D eigenvalue weighted by atomic mass is 35.5. The lowest BCUT2D eigenvalue weighted by molar-refractivity contribution is 0.548. The summed E-state index contributed by atoms with van der Waals surface area (Å²) in [7, 11) is 0. The Hall–Kier alpha value is -0.940. The van der Waals surface area contributed by atoms with Crippen LogP contribution in [0.5, 0.6) is 0 Å². The van der Waals surface area contributed by atoms with Crippen molar-refractivity contribution in [1.82, 2.24) is 9.55 Å². The van der Waals surface area contributed by atoms with Crippen LogP contribution in [0.3, 0.4) is 0 Å². The van der Waals surface area contributed by atoms with Gasteiger partial charge in [0.05, 0.1) is 16.1 Å². The molecule has 0 amide bonds. The van der Waals surface area contributed by atoms with Crippen LogP contribution in [0.15, 0.2) is 12.1 Å². The van der Waals surface area contributed by atoms with E-state index in [4.69, 9.17) is 17.3 Å². The van der Waals surface area contributed by atoms with Gasteiger partial charge in [0.25, 0.3) is 0 Å². The van der Waals surface area contributed by atoms with E-state index in [9.17, 15) is 4.39 Å². The predicted octanol–water partition coefficient (Wildman–Crippen LogP) is 3.87. The second-order valence-electron chi connectivity index (χ2n) is 4.87. The second kappa shape index (κ2) is 4.87. The first-order chi connectivity index (χ1) is 9.11. The molecule has 2 N–H and O–H groups in total. The zero-order valence-electron chi connectivity index (χ0n) is 10.6. The molecule has 6 heteroatoms. The molecule has 1 aliphatic carbocycles. The van der Waals surface area contributed by atoms with E-state index in [-0.39, 0.29) is 5.02 Å². The first-order valence-electron chi connectivity index (χ1n) is 6.27. The van der Waals surface area contributed by atoms with Crippen molar-refractivity contribution in [3.05, 3.63) is 23.0 Å². The van der Waals surface area contributed by atoms with Crippen molar-refractivity contribution in [2.45, 2.75) is 30.6 Å². The van der Waals surface area contributed by atoms with Gasteiger partial charge in [0, 0.05) is 17.4 Å². The van der Waals surface area contributed by atoms with Crippen LogP contribution in [-0.4, -0.2) is 21.1 Å². The Morgan fingerprint density at radius 3 is 3.00 bits per heavy atom. The number of fused-ring (bicyclic) bond motifs is 1. The van der Waals surface area contributed by atoms with E-state index in [1.807, 2.05) is 16.3 Å².